The minimum atomic E-state index is 0.0861. The van der Waals surface area contributed by atoms with Gasteiger partial charge in [-0.2, -0.15) is 0 Å². The van der Waals surface area contributed by atoms with Crippen molar-refractivity contribution in [2.24, 2.45) is 5.73 Å². The molecule has 1 aliphatic carbocycles. The molecule has 0 aromatic heterocycles. The molecule has 2 heteroatoms. The van der Waals surface area contributed by atoms with Gasteiger partial charge in [0, 0.05) is 13.2 Å². The maximum Gasteiger partial charge on any atom is 0.0693 e. The number of rotatable bonds is 6. The number of methoxy groups -OCH3 is 1. The SMILES string of the molecule is CCc1ccc(CC(N)CC2(OC)CCC2)cc1. The topological polar surface area (TPSA) is 35.2 Å². The maximum absolute atomic E-state index is 6.27. The van der Waals surface area contributed by atoms with Crippen LogP contribution < -0.4 is 5.73 Å². The number of hydrogen-bond acceptors (Lipinski definition) is 2. The maximum atomic E-state index is 6.27. The Morgan fingerprint density at radius 1 is 1.22 bits per heavy atom. The van der Waals surface area contributed by atoms with Gasteiger partial charge < -0.3 is 10.5 Å². The zero-order chi connectivity index (χ0) is 13.0. The van der Waals surface area contributed by atoms with Crippen LogP contribution in [-0.2, 0) is 17.6 Å². The summed E-state index contributed by atoms with van der Waals surface area (Å²) in [6.45, 7) is 2.18. The van der Waals surface area contributed by atoms with Gasteiger partial charge in [0.05, 0.1) is 5.60 Å². The summed E-state index contributed by atoms with van der Waals surface area (Å²) < 4.78 is 5.64. The van der Waals surface area contributed by atoms with E-state index in [1.165, 1.54) is 30.4 Å². The van der Waals surface area contributed by atoms with Gasteiger partial charge in [-0.15, -0.1) is 0 Å². The van der Waals surface area contributed by atoms with Crippen LogP contribution in [0.4, 0.5) is 0 Å². The van der Waals surface area contributed by atoms with Crippen molar-refractivity contribution in [2.75, 3.05) is 7.11 Å². The Labute approximate surface area is 111 Å². The lowest BCUT2D eigenvalue weighted by molar-refractivity contribution is -0.0813. The summed E-state index contributed by atoms with van der Waals surface area (Å²) in [4.78, 5) is 0. The van der Waals surface area contributed by atoms with Gasteiger partial charge in [0.25, 0.3) is 0 Å². The third-order valence-corrected chi connectivity index (χ3v) is 4.26. The zero-order valence-corrected chi connectivity index (χ0v) is 11.6. The second-order valence-electron chi connectivity index (χ2n) is 5.58. The Morgan fingerprint density at radius 2 is 1.83 bits per heavy atom. The molecule has 1 aliphatic rings. The fourth-order valence-electron chi connectivity index (χ4n) is 2.83. The van der Waals surface area contributed by atoms with Crippen LogP contribution in [0.3, 0.4) is 0 Å². The van der Waals surface area contributed by atoms with E-state index in [9.17, 15) is 0 Å². The van der Waals surface area contributed by atoms with E-state index < -0.39 is 0 Å². The lowest BCUT2D eigenvalue weighted by Gasteiger charge is -2.42. The van der Waals surface area contributed by atoms with Gasteiger partial charge in [0.2, 0.25) is 0 Å². The molecule has 0 radical (unpaired) electrons. The van der Waals surface area contributed by atoms with Crippen molar-refractivity contribution in [3.63, 3.8) is 0 Å². The van der Waals surface area contributed by atoms with E-state index in [4.69, 9.17) is 10.5 Å². The van der Waals surface area contributed by atoms with E-state index >= 15 is 0 Å². The number of benzene rings is 1. The van der Waals surface area contributed by atoms with Gasteiger partial charge >= 0.3 is 0 Å². The summed E-state index contributed by atoms with van der Waals surface area (Å²) >= 11 is 0. The highest BCUT2D eigenvalue weighted by Crippen LogP contribution is 2.38. The highest BCUT2D eigenvalue weighted by molar-refractivity contribution is 5.23. The van der Waals surface area contributed by atoms with Gasteiger partial charge in [-0.05, 0) is 49.7 Å². The molecule has 100 valence electrons. The lowest BCUT2D eigenvalue weighted by Crippen LogP contribution is -2.44. The molecule has 18 heavy (non-hydrogen) atoms. The zero-order valence-electron chi connectivity index (χ0n) is 11.6. The number of nitrogens with two attached hydrogens (primary N) is 1. The summed E-state index contributed by atoms with van der Waals surface area (Å²) in [7, 11) is 1.82. The first-order chi connectivity index (χ1) is 8.67. The molecule has 0 bridgehead atoms. The predicted octanol–water partition coefficient (Wildman–Crippen LogP) is 3.08. The smallest absolute Gasteiger partial charge is 0.0693 e. The van der Waals surface area contributed by atoms with Crippen LogP contribution in [0.15, 0.2) is 24.3 Å². The molecule has 1 fully saturated rings. The summed E-state index contributed by atoms with van der Waals surface area (Å²) in [5.74, 6) is 0. The van der Waals surface area contributed by atoms with Crippen LogP contribution in [0.5, 0.6) is 0 Å². The van der Waals surface area contributed by atoms with Crippen molar-refractivity contribution in [1.82, 2.24) is 0 Å². The van der Waals surface area contributed by atoms with E-state index in [-0.39, 0.29) is 11.6 Å². The van der Waals surface area contributed by atoms with E-state index in [0.717, 1.165) is 19.3 Å². The molecule has 2 rings (SSSR count). The second-order valence-corrected chi connectivity index (χ2v) is 5.58. The molecule has 0 spiro atoms. The molecule has 0 amide bonds. The third-order valence-electron chi connectivity index (χ3n) is 4.26. The van der Waals surface area contributed by atoms with Crippen LogP contribution in [0.1, 0.15) is 43.7 Å². The van der Waals surface area contributed by atoms with Gasteiger partial charge in [-0.1, -0.05) is 31.2 Å². The van der Waals surface area contributed by atoms with Crippen molar-refractivity contribution < 1.29 is 4.74 Å². The summed E-state index contributed by atoms with van der Waals surface area (Å²) in [5.41, 5.74) is 9.08. The van der Waals surface area contributed by atoms with E-state index in [1.807, 2.05) is 7.11 Å². The van der Waals surface area contributed by atoms with Crippen molar-refractivity contribution >= 4 is 0 Å². The molecular formula is C16H25NO. The molecular weight excluding hydrogens is 222 g/mol. The van der Waals surface area contributed by atoms with Crippen molar-refractivity contribution in [3.8, 4) is 0 Å². The fraction of sp³-hybridized carbons (Fsp3) is 0.625. The minimum absolute atomic E-state index is 0.0861. The first-order valence-electron chi connectivity index (χ1n) is 7.06. The van der Waals surface area contributed by atoms with Crippen LogP contribution in [0, 0.1) is 0 Å². The molecule has 0 heterocycles. The van der Waals surface area contributed by atoms with Gasteiger partial charge in [0.15, 0.2) is 0 Å². The molecule has 0 aliphatic heterocycles. The fourth-order valence-corrected chi connectivity index (χ4v) is 2.83. The van der Waals surface area contributed by atoms with E-state index in [2.05, 4.69) is 31.2 Å². The largest absolute Gasteiger partial charge is 0.378 e. The van der Waals surface area contributed by atoms with Crippen LogP contribution >= 0.6 is 0 Å². The predicted molar refractivity (Wildman–Crippen MR) is 75.7 cm³/mol. The molecule has 1 saturated carbocycles. The molecule has 1 aromatic carbocycles. The lowest BCUT2D eigenvalue weighted by atomic mass is 9.75. The second kappa shape index (κ2) is 5.85. The molecule has 1 aromatic rings. The summed E-state index contributed by atoms with van der Waals surface area (Å²) in [6.07, 6.45) is 6.66. The van der Waals surface area contributed by atoms with Gasteiger partial charge in [0.1, 0.15) is 0 Å². The monoisotopic (exact) mass is 247 g/mol. The Hall–Kier alpha value is -0.860. The van der Waals surface area contributed by atoms with E-state index in [1.54, 1.807) is 0 Å². The Morgan fingerprint density at radius 3 is 2.28 bits per heavy atom. The average molecular weight is 247 g/mol. The molecule has 2 nitrogen and oxygen atoms in total. The Balaban J connectivity index is 1.88. The van der Waals surface area contributed by atoms with Crippen molar-refractivity contribution in [2.45, 2.75) is 57.1 Å². The highest BCUT2D eigenvalue weighted by Gasteiger charge is 2.38. The third kappa shape index (κ3) is 3.12. The van der Waals surface area contributed by atoms with Crippen LogP contribution in [0.25, 0.3) is 0 Å². The number of ether oxygens (including phenoxy) is 1. The minimum Gasteiger partial charge on any atom is -0.378 e. The summed E-state index contributed by atoms with van der Waals surface area (Å²) in [5, 5.41) is 0. The summed E-state index contributed by atoms with van der Waals surface area (Å²) in [6, 6.07) is 9.03. The van der Waals surface area contributed by atoms with Crippen molar-refractivity contribution in [3.05, 3.63) is 35.4 Å². The Kier molecular flexibility index (Phi) is 4.41. The molecule has 1 atom stereocenters. The highest BCUT2D eigenvalue weighted by atomic mass is 16.5. The Bertz CT molecular complexity index is 362. The van der Waals surface area contributed by atoms with Crippen molar-refractivity contribution in [1.29, 1.82) is 0 Å². The quantitative estimate of drug-likeness (QED) is 0.838. The molecule has 0 saturated heterocycles. The molecule has 1 unspecified atom stereocenters. The van der Waals surface area contributed by atoms with E-state index in [0.29, 0.717) is 0 Å². The van der Waals surface area contributed by atoms with Gasteiger partial charge in [-0.3, -0.25) is 0 Å². The van der Waals surface area contributed by atoms with Crippen LogP contribution in [-0.4, -0.2) is 18.8 Å². The average Bonchev–Trinajstić information content (AvgIpc) is 2.35. The first-order valence-corrected chi connectivity index (χ1v) is 7.06. The number of aryl methyl sites for hydroxylation is 1. The molecule has 2 N–H and O–H groups in total. The normalized spacial score (nSPS) is 19.3. The first kappa shape index (κ1) is 13.6. The van der Waals surface area contributed by atoms with Crippen LogP contribution in [0.2, 0.25) is 0 Å². The van der Waals surface area contributed by atoms with Gasteiger partial charge in [-0.25, -0.2) is 0 Å². The standard InChI is InChI=1S/C16H25NO/c1-3-13-5-7-14(8-6-13)11-15(17)12-16(18-2)9-4-10-16/h5-8,15H,3-4,9-12,17H2,1-2H3. The number of hydrogen-bond donors (Lipinski definition) is 1.